The number of benzene rings is 2. The second-order valence-corrected chi connectivity index (χ2v) is 5.46. The summed E-state index contributed by atoms with van der Waals surface area (Å²) in [6.07, 6.45) is 0. The van der Waals surface area contributed by atoms with Crippen molar-refractivity contribution < 1.29 is 9.53 Å². The molecule has 0 saturated heterocycles. The van der Waals surface area contributed by atoms with Gasteiger partial charge in [0.05, 0.1) is 0 Å². The van der Waals surface area contributed by atoms with Crippen molar-refractivity contribution in [3.05, 3.63) is 58.7 Å². The highest BCUT2D eigenvalue weighted by Gasteiger charge is 2.09. The third-order valence-corrected chi connectivity index (χ3v) is 3.47. The molecule has 4 nitrogen and oxygen atoms in total. The van der Waals surface area contributed by atoms with Gasteiger partial charge in [-0.2, -0.15) is 0 Å². The first-order valence-electron chi connectivity index (χ1n) is 7.29. The summed E-state index contributed by atoms with van der Waals surface area (Å²) in [6, 6.07) is 11.5. The molecule has 0 aromatic heterocycles. The first-order chi connectivity index (χ1) is 10.5. The van der Waals surface area contributed by atoms with Crippen LogP contribution in [0.4, 0.5) is 5.69 Å². The molecule has 4 heteroatoms. The molecule has 0 unspecified atom stereocenters. The highest BCUT2D eigenvalue weighted by atomic mass is 16.5. The summed E-state index contributed by atoms with van der Waals surface area (Å²) < 4.78 is 5.49. The average Bonchev–Trinajstić information content (AvgIpc) is 2.49. The van der Waals surface area contributed by atoms with Crippen LogP contribution in [0.25, 0.3) is 0 Å². The number of nitrogens with one attached hydrogen (secondary N) is 1. The van der Waals surface area contributed by atoms with Crippen molar-refractivity contribution >= 4 is 11.6 Å². The van der Waals surface area contributed by atoms with Gasteiger partial charge in [-0.25, -0.2) is 0 Å². The quantitative estimate of drug-likeness (QED) is 0.891. The van der Waals surface area contributed by atoms with Crippen LogP contribution in [0.15, 0.2) is 36.4 Å². The lowest BCUT2D eigenvalue weighted by Gasteiger charge is -2.13. The third kappa shape index (κ3) is 4.09. The van der Waals surface area contributed by atoms with E-state index in [0.717, 1.165) is 22.4 Å². The van der Waals surface area contributed by atoms with Crippen LogP contribution < -0.4 is 15.8 Å². The van der Waals surface area contributed by atoms with Crippen LogP contribution in [0, 0.1) is 20.8 Å². The first-order valence-corrected chi connectivity index (χ1v) is 7.29. The molecule has 0 aliphatic carbocycles. The van der Waals surface area contributed by atoms with Crippen LogP contribution in [0.3, 0.4) is 0 Å². The van der Waals surface area contributed by atoms with Gasteiger partial charge in [0, 0.05) is 12.2 Å². The fraction of sp³-hybridized carbons (Fsp3) is 0.278. The van der Waals surface area contributed by atoms with Crippen LogP contribution in [0.1, 0.15) is 22.3 Å². The second-order valence-electron chi connectivity index (χ2n) is 5.46. The van der Waals surface area contributed by atoms with Crippen LogP contribution in [0.2, 0.25) is 0 Å². The Hall–Kier alpha value is -2.33. The van der Waals surface area contributed by atoms with Crippen LogP contribution in [-0.4, -0.2) is 12.5 Å². The highest BCUT2D eigenvalue weighted by Crippen LogP contribution is 2.21. The molecule has 1 amide bonds. The van der Waals surface area contributed by atoms with E-state index in [4.69, 9.17) is 10.5 Å². The summed E-state index contributed by atoms with van der Waals surface area (Å²) in [5, 5.41) is 2.91. The van der Waals surface area contributed by atoms with Gasteiger partial charge in [0.1, 0.15) is 5.75 Å². The number of aryl methyl sites for hydroxylation is 3. The Morgan fingerprint density at radius 2 is 1.68 bits per heavy atom. The number of carbonyl (C=O) groups is 1. The summed E-state index contributed by atoms with van der Waals surface area (Å²) in [4.78, 5) is 12.0. The maximum atomic E-state index is 12.0. The van der Waals surface area contributed by atoms with E-state index in [1.165, 1.54) is 5.56 Å². The normalized spacial score (nSPS) is 10.4. The molecule has 0 aliphatic heterocycles. The Kier molecular flexibility index (Phi) is 5.17. The summed E-state index contributed by atoms with van der Waals surface area (Å²) in [5.74, 6) is 0.489. The number of carbonyl (C=O) groups excluding carboxylic acids is 1. The molecule has 0 aliphatic rings. The maximum Gasteiger partial charge on any atom is 0.262 e. The number of anilines is 1. The van der Waals surface area contributed by atoms with Crippen molar-refractivity contribution in [2.45, 2.75) is 27.3 Å². The molecule has 0 bridgehead atoms. The number of rotatable bonds is 5. The van der Waals surface area contributed by atoms with Crippen molar-refractivity contribution in [1.82, 2.24) is 0 Å². The van der Waals surface area contributed by atoms with Crippen LogP contribution in [-0.2, 0) is 11.3 Å². The second kappa shape index (κ2) is 7.09. The van der Waals surface area contributed by atoms with E-state index in [-0.39, 0.29) is 12.5 Å². The lowest BCUT2D eigenvalue weighted by molar-refractivity contribution is -0.118. The van der Waals surface area contributed by atoms with Gasteiger partial charge in [-0.3, -0.25) is 4.79 Å². The van der Waals surface area contributed by atoms with E-state index >= 15 is 0 Å². The van der Waals surface area contributed by atoms with E-state index in [2.05, 4.69) is 17.4 Å². The largest absolute Gasteiger partial charge is 0.484 e. The Morgan fingerprint density at radius 1 is 1.09 bits per heavy atom. The molecule has 22 heavy (non-hydrogen) atoms. The summed E-state index contributed by atoms with van der Waals surface area (Å²) in [5.41, 5.74) is 10.7. The van der Waals surface area contributed by atoms with Crippen molar-refractivity contribution in [3.8, 4) is 5.75 Å². The smallest absolute Gasteiger partial charge is 0.262 e. The Bertz CT molecular complexity index is 640. The minimum Gasteiger partial charge on any atom is -0.484 e. The van der Waals surface area contributed by atoms with Crippen molar-refractivity contribution in [3.63, 3.8) is 0 Å². The van der Waals surface area contributed by atoms with Gasteiger partial charge in [0.15, 0.2) is 6.61 Å². The Labute approximate surface area is 131 Å². The molecule has 0 fully saturated rings. The SMILES string of the molecule is Cc1cc(C)c(NC(=O)COc2ccc(CN)cc2)c(C)c1. The predicted octanol–water partition coefficient (Wildman–Crippen LogP) is 3.09. The Morgan fingerprint density at radius 3 is 2.23 bits per heavy atom. The number of hydrogen-bond donors (Lipinski definition) is 2. The van der Waals surface area contributed by atoms with Gasteiger partial charge < -0.3 is 15.8 Å². The topological polar surface area (TPSA) is 64.3 Å². The molecule has 0 atom stereocenters. The van der Waals surface area contributed by atoms with E-state index in [9.17, 15) is 4.79 Å². The van der Waals surface area contributed by atoms with Gasteiger partial charge >= 0.3 is 0 Å². The standard InChI is InChI=1S/C18H22N2O2/c1-12-8-13(2)18(14(3)9-12)20-17(21)11-22-16-6-4-15(10-19)5-7-16/h4-9H,10-11,19H2,1-3H3,(H,20,21). The summed E-state index contributed by atoms with van der Waals surface area (Å²) in [7, 11) is 0. The fourth-order valence-electron chi connectivity index (χ4n) is 2.42. The molecule has 3 N–H and O–H groups in total. The lowest BCUT2D eigenvalue weighted by Crippen LogP contribution is -2.21. The maximum absolute atomic E-state index is 12.0. The molecule has 0 spiro atoms. The molecule has 0 saturated carbocycles. The number of hydrogen-bond acceptors (Lipinski definition) is 3. The molecular weight excluding hydrogens is 276 g/mol. The van der Waals surface area contributed by atoms with Gasteiger partial charge in [-0.1, -0.05) is 29.8 Å². The number of amides is 1. The molecule has 116 valence electrons. The summed E-state index contributed by atoms with van der Waals surface area (Å²) >= 11 is 0. The Balaban J connectivity index is 1.95. The van der Waals surface area contributed by atoms with Gasteiger partial charge in [0.25, 0.3) is 5.91 Å². The van der Waals surface area contributed by atoms with E-state index in [1.54, 1.807) is 0 Å². The van der Waals surface area contributed by atoms with Crippen molar-refractivity contribution in [1.29, 1.82) is 0 Å². The van der Waals surface area contributed by atoms with Gasteiger partial charge in [0.2, 0.25) is 0 Å². The van der Waals surface area contributed by atoms with E-state index in [1.807, 2.05) is 45.0 Å². The number of nitrogens with two attached hydrogens (primary N) is 1. The van der Waals surface area contributed by atoms with Gasteiger partial charge in [-0.15, -0.1) is 0 Å². The molecule has 2 aromatic rings. The molecule has 2 rings (SSSR count). The zero-order chi connectivity index (χ0) is 16.1. The van der Waals surface area contributed by atoms with E-state index in [0.29, 0.717) is 12.3 Å². The van der Waals surface area contributed by atoms with Crippen LogP contribution >= 0.6 is 0 Å². The zero-order valence-electron chi connectivity index (χ0n) is 13.3. The van der Waals surface area contributed by atoms with Crippen molar-refractivity contribution in [2.24, 2.45) is 5.73 Å². The fourth-order valence-corrected chi connectivity index (χ4v) is 2.42. The molecule has 0 heterocycles. The minimum absolute atomic E-state index is 0.0191. The number of ether oxygens (including phenoxy) is 1. The predicted molar refractivity (Wildman–Crippen MR) is 89.1 cm³/mol. The van der Waals surface area contributed by atoms with Gasteiger partial charge in [-0.05, 0) is 49.6 Å². The van der Waals surface area contributed by atoms with Crippen LogP contribution in [0.5, 0.6) is 5.75 Å². The monoisotopic (exact) mass is 298 g/mol. The lowest BCUT2D eigenvalue weighted by atomic mass is 10.1. The first kappa shape index (κ1) is 16.0. The zero-order valence-corrected chi connectivity index (χ0v) is 13.3. The van der Waals surface area contributed by atoms with E-state index < -0.39 is 0 Å². The molecule has 0 radical (unpaired) electrons. The third-order valence-electron chi connectivity index (χ3n) is 3.47. The highest BCUT2D eigenvalue weighted by molar-refractivity contribution is 5.93. The molecular formula is C18H22N2O2. The van der Waals surface area contributed by atoms with Crippen molar-refractivity contribution in [2.75, 3.05) is 11.9 Å². The minimum atomic E-state index is -0.169. The summed E-state index contributed by atoms with van der Waals surface area (Å²) in [6.45, 7) is 6.49. The average molecular weight is 298 g/mol. The molecule has 2 aromatic carbocycles.